The first-order valence-electron chi connectivity index (χ1n) is 5.31. The minimum absolute atomic E-state index is 0.139. The molecule has 2 amide bonds. The fourth-order valence-electron chi connectivity index (χ4n) is 1.94. The second kappa shape index (κ2) is 3.52. The predicted octanol–water partition coefficient (Wildman–Crippen LogP) is 1.52. The summed E-state index contributed by atoms with van der Waals surface area (Å²) in [6, 6.07) is 5.83. The molecule has 82 valence electrons. The second-order valence-corrected chi connectivity index (χ2v) is 3.86. The van der Waals surface area contributed by atoms with Crippen molar-refractivity contribution in [3.8, 4) is 0 Å². The van der Waals surface area contributed by atoms with E-state index in [1.165, 1.54) is 0 Å². The van der Waals surface area contributed by atoms with E-state index < -0.39 is 0 Å². The van der Waals surface area contributed by atoms with Crippen molar-refractivity contribution in [1.29, 1.82) is 0 Å². The number of hydrogen-bond donors (Lipinski definition) is 2. The van der Waals surface area contributed by atoms with Gasteiger partial charge < -0.3 is 10.6 Å². The first-order valence-corrected chi connectivity index (χ1v) is 5.31. The largest absolute Gasteiger partial charge is 0.334 e. The van der Waals surface area contributed by atoms with Gasteiger partial charge >= 0.3 is 6.03 Å². The van der Waals surface area contributed by atoms with Gasteiger partial charge in [-0.3, -0.25) is 5.01 Å². The molecule has 0 fully saturated rings. The van der Waals surface area contributed by atoms with E-state index in [-0.39, 0.29) is 6.03 Å². The topological polar surface area (TPSA) is 56.7 Å². The van der Waals surface area contributed by atoms with Gasteiger partial charge in [-0.1, -0.05) is 0 Å². The summed E-state index contributed by atoms with van der Waals surface area (Å²) in [6.45, 7) is 1.51. The van der Waals surface area contributed by atoms with E-state index in [4.69, 9.17) is 0 Å². The van der Waals surface area contributed by atoms with E-state index in [1.54, 1.807) is 0 Å². The summed E-state index contributed by atoms with van der Waals surface area (Å²) in [7, 11) is 0. The Labute approximate surface area is 93.1 Å². The van der Waals surface area contributed by atoms with Crippen LogP contribution in [0.15, 0.2) is 23.3 Å². The van der Waals surface area contributed by atoms with Crippen molar-refractivity contribution in [2.24, 2.45) is 5.10 Å². The van der Waals surface area contributed by atoms with Gasteiger partial charge in [-0.15, -0.1) is 0 Å². The molecule has 2 N–H and O–H groups in total. The zero-order chi connectivity index (χ0) is 11.0. The fourth-order valence-corrected chi connectivity index (χ4v) is 1.94. The molecule has 0 saturated carbocycles. The maximum absolute atomic E-state index is 11.1. The number of benzene rings is 1. The molecule has 0 aromatic heterocycles. The molecule has 0 spiro atoms. The molecule has 0 bridgehead atoms. The summed E-state index contributed by atoms with van der Waals surface area (Å²) in [5, 5.41) is 11.8. The number of nitrogens with zero attached hydrogens (tertiary/aromatic N) is 2. The van der Waals surface area contributed by atoms with Crippen LogP contribution in [0.5, 0.6) is 0 Å². The van der Waals surface area contributed by atoms with Crippen LogP contribution in [0.2, 0.25) is 0 Å². The Morgan fingerprint density at radius 2 is 2.31 bits per heavy atom. The van der Waals surface area contributed by atoms with Crippen molar-refractivity contribution in [2.75, 3.05) is 16.9 Å². The van der Waals surface area contributed by atoms with Gasteiger partial charge in [0.25, 0.3) is 0 Å². The van der Waals surface area contributed by atoms with Crippen molar-refractivity contribution in [2.45, 2.75) is 13.0 Å². The Morgan fingerprint density at radius 3 is 3.12 bits per heavy atom. The van der Waals surface area contributed by atoms with Crippen molar-refractivity contribution < 1.29 is 4.79 Å². The zero-order valence-corrected chi connectivity index (χ0v) is 8.73. The quantitative estimate of drug-likeness (QED) is 0.747. The number of hydrogen-bond acceptors (Lipinski definition) is 3. The lowest BCUT2D eigenvalue weighted by Gasteiger charge is -2.21. The smallest absolute Gasteiger partial charge is 0.319 e. The van der Waals surface area contributed by atoms with E-state index in [0.29, 0.717) is 6.54 Å². The number of hydrazone groups is 1. The molecule has 0 radical (unpaired) electrons. The van der Waals surface area contributed by atoms with E-state index in [2.05, 4.69) is 21.8 Å². The van der Waals surface area contributed by atoms with E-state index in [9.17, 15) is 4.79 Å². The number of urea groups is 1. The standard InChI is InChI=1S/C11H12N4O/c16-11-12-7-8-6-9(2-3-10(8)14-11)15-5-1-4-13-15/h2-4,6H,1,5,7H2,(H2,12,14,16). The highest BCUT2D eigenvalue weighted by Crippen LogP contribution is 2.26. The molecule has 16 heavy (non-hydrogen) atoms. The molecule has 0 unspecified atom stereocenters. The first kappa shape index (κ1) is 9.21. The van der Waals surface area contributed by atoms with Gasteiger partial charge in [0.2, 0.25) is 0 Å². The summed E-state index contributed by atoms with van der Waals surface area (Å²) < 4.78 is 0. The monoisotopic (exact) mass is 216 g/mol. The Morgan fingerprint density at radius 1 is 1.38 bits per heavy atom. The Kier molecular flexibility index (Phi) is 2.02. The maximum Gasteiger partial charge on any atom is 0.319 e. The molecule has 0 aliphatic carbocycles. The van der Waals surface area contributed by atoms with Gasteiger partial charge in [0.05, 0.1) is 5.69 Å². The van der Waals surface area contributed by atoms with Crippen molar-refractivity contribution >= 4 is 23.6 Å². The molecule has 3 rings (SSSR count). The summed E-state index contributed by atoms with van der Waals surface area (Å²) in [4.78, 5) is 11.1. The molecule has 2 aliphatic heterocycles. The number of carbonyl (C=O) groups excluding carboxylic acids is 1. The predicted molar refractivity (Wildman–Crippen MR) is 62.8 cm³/mol. The normalized spacial score (nSPS) is 18.0. The summed E-state index contributed by atoms with van der Waals surface area (Å²) in [6.07, 6.45) is 2.91. The number of amides is 2. The molecule has 2 heterocycles. The van der Waals surface area contributed by atoms with Crippen LogP contribution in [0.3, 0.4) is 0 Å². The van der Waals surface area contributed by atoms with Crippen molar-refractivity contribution in [3.05, 3.63) is 23.8 Å². The molecule has 1 aromatic carbocycles. The number of anilines is 2. The minimum atomic E-state index is -0.139. The Hall–Kier alpha value is -2.04. The average molecular weight is 216 g/mol. The SMILES string of the molecule is O=C1NCc2cc(N3CCC=N3)ccc2N1. The van der Waals surface area contributed by atoms with Crippen LogP contribution in [0.1, 0.15) is 12.0 Å². The number of fused-ring (bicyclic) bond motifs is 1. The molecular formula is C11H12N4O. The van der Waals surface area contributed by atoms with Gasteiger partial charge in [-0.05, 0) is 23.8 Å². The Balaban J connectivity index is 1.93. The summed E-state index contributed by atoms with van der Waals surface area (Å²) in [5.74, 6) is 0. The van der Waals surface area contributed by atoms with Crippen LogP contribution in [0.4, 0.5) is 16.2 Å². The van der Waals surface area contributed by atoms with Gasteiger partial charge in [0, 0.05) is 31.4 Å². The molecule has 0 atom stereocenters. The second-order valence-electron chi connectivity index (χ2n) is 3.86. The van der Waals surface area contributed by atoms with Gasteiger partial charge in [0.1, 0.15) is 0 Å². The highest BCUT2D eigenvalue weighted by atomic mass is 16.2. The zero-order valence-electron chi connectivity index (χ0n) is 8.73. The van der Waals surface area contributed by atoms with Crippen LogP contribution in [0, 0.1) is 0 Å². The average Bonchev–Trinajstić information content (AvgIpc) is 2.82. The molecular weight excluding hydrogens is 204 g/mol. The lowest BCUT2D eigenvalue weighted by molar-refractivity contribution is 0.251. The minimum Gasteiger partial charge on any atom is -0.334 e. The van der Waals surface area contributed by atoms with Gasteiger partial charge in [-0.2, -0.15) is 5.10 Å². The van der Waals surface area contributed by atoms with Gasteiger partial charge in [0.15, 0.2) is 0 Å². The molecule has 1 aromatic rings. The molecule has 5 heteroatoms. The van der Waals surface area contributed by atoms with Crippen LogP contribution in [-0.4, -0.2) is 18.8 Å². The number of carbonyl (C=O) groups is 1. The highest BCUT2D eigenvalue weighted by molar-refractivity contribution is 5.92. The highest BCUT2D eigenvalue weighted by Gasteiger charge is 2.16. The summed E-state index contributed by atoms with van der Waals surface area (Å²) >= 11 is 0. The van der Waals surface area contributed by atoms with Crippen molar-refractivity contribution in [1.82, 2.24) is 5.32 Å². The maximum atomic E-state index is 11.1. The number of nitrogens with one attached hydrogen (secondary N) is 2. The van der Waals surface area contributed by atoms with Crippen LogP contribution < -0.4 is 15.6 Å². The van der Waals surface area contributed by atoms with Crippen LogP contribution >= 0.6 is 0 Å². The Bertz CT molecular complexity index is 469. The van der Waals surface area contributed by atoms with Crippen LogP contribution in [0.25, 0.3) is 0 Å². The lowest BCUT2D eigenvalue weighted by atomic mass is 10.1. The van der Waals surface area contributed by atoms with E-state index in [1.807, 2.05) is 23.4 Å². The first-order chi connectivity index (χ1) is 7.83. The fraction of sp³-hybridized carbons (Fsp3) is 0.273. The lowest BCUT2D eigenvalue weighted by Crippen LogP contribution is -2.33. The van der Waals surface area contributed by atoms with Crippen LogP contribution in [-0.2, 0) is 6.54 Å². The van der Waals surface area contributed by atoms with Gasteiger partial charge in [-0.25, -0.2) is 4.79 Å². The summed E-state index contributed by atoms with van der Waals surface area (Å²) in [5.41, 5.74) is 3.06. The van der Waals surface area contributed by atoms with E-state index >= 15 is 0 Å². The molecule has 2 aliphatic rings. The third-order valence-corrected chi connectivity index (χ3v) is 2.77. The third kappa shape index (κ3) is 1.50. The van der Waals surface area contributed by atoms with Crippen molar-refractivity contribution in [3.63, 3.8) is 0 Å². The molecule has 5 nitrogen and oxygen atoms in total. The third-order valence-electron chi connectivity index (χ3n) is 2.77. The molecule has 0 saturated heterocycles. The number of rotatable bonds is 1. The van der Waals surface area contributed by atoms with E-state index in [0.717, 1.165) is 29.9 Å².